The third-order valence-electron chi connectivity index (χ3n) is 2.90. The summed E-state index contributed by atoms with van der Waals surface area (Å²) in [5.74, 6) is 0.642. The normalized spacial score (nSPS) is 21.8. The monoisotopic (exact) mass is 267 g/mol. The predicted octanol–water partition coefficient (Wildman–Crippen LogP) is 1.22. The molecule has 7 heteroatoms. The number of nitrogens with zero attached hydrogens (tertiary/aromatic N) is 3. The maximum atomic E-state index is 5.63. The molecule has 3 N–H and O–H groups in total. The van der Waals surface area contributed by atoms with Crippen molar-refractivity contribution in [1.82, 2.24) is 15.0 Å². The van der Waals surface area contributed by atoms with Gasteiger partial charge in [0.1, 0.15) is 0 Å². The van der Waals surface area contributed by atoms with Crippen LogP contribution in [0.15, 0.2) is 0 Å². The Morgan fingerprint density at radius 2 is 2.05 bits per heavy atom. The molecule has 1 fully saturated rings. The number of aromatic nitrogens is 3. The Kier molecular flexibility index (Phi) is 4.73. The second-order valence-corrected chi connectivity index (χ2v) is 4.54. The van der Waals surface area contributed by atoms with Crippen LogP contribution in [0.1, 0.15) is 33.1 Å². The minimum absolute atomic E-state index is 0.171. The van der Waals surface area contributed by atoms with Crippen molar-refractivity contribution >= 4 is 11.9 Å². The first kappa shape index (κ1) is 13.8. The molecule has 19 heavy (non-hydrogen) atoms. The number of nitrogens with two attached hydrogens (primary N) is 1. The molecule has 7 nitrogen and oxygen atoms in total. The molecule has 0 amide bonds. The van der Waals surface area contributed by atoms with Crippen molar-refractivity contribution in [1.29, 1.82) is 0 Å². The fourth-order valence-corrected chi connectivity index (χ4v) is 1.93. The molecule has 1 aliphatic carbocycles. The number of hydrogen-bond donors (Lipinski definition) is 2. The minimum atomic E-state index is 0.171. The van der Waals surface area contributed by atoms with E-state index in [2.05, 4.69) is 20.3 Å². The smallest absolute Gasteiger partial charge is 0.323 e. The maximum Gasteiger partial charge on any atom is 0.323 e. The quantitative estimate of drug-likeness (QED) is 0.766. The molecule has 2 rings (SSSR count). The minimum Gasteiger partial charge on any atom is -0.463 e. The molecule has 0 atom stereocenters. The Bertz CT molecular complexity index is 409. The van der Waals surface area contributed by atoms with Gasteiger partial charge in [-0.3, -0.25) is 0 Å². The first-order valence-corrected chi connectivity index (χ1v) is 6.73. The zero-order chi connectivity index (χ0) is 13.7. The van der Waals surface area contributed by atoms with E-state index in [1.807, 2.05) is 13.8 Å². The number of anilines is 2. The van der Waals surface area contributed by atoms with Crippen LogP contribution in [-0.4, -0.2) is 40.3 Å². The molecule has 0 aliphatic heterocycles. The Morgan fingerprint density at radius 3 is 2.74 bits per heavy atom. The van der Waals surface area contributed by atoms with Gasteiger partial charge in [0.2, 0.25) is 11.9 Å². The largest absolute Gasteiger partial charge is 0.463 e. The topological polar surface area (TPSA) is 95.2 Å². The first-order valence-electron chi connectivity index (χ1n) is 6.73. The summed E-state index contributed by atoms with van der Waals surface area (Å²) >= 11 is 0. The number of nitrogens with one attached hydrogen (secondary N) is 1. The molecule has 0 saturated heterocycles. The van der Waals surface area contributed by atoms with E-state index in [4.69, 9.17) is 15.2 Å². The third kappa shape index (κ3) is 3.92. The summed E-state index contributed by atoms with van der Waals surface area (Å²) in [6.07, 6.45) is 3.17. The summed E-state index contributed by atoms with van der Waals surface area (Å²) in [6.45, 7) is 5.35. The summed E-state index contributed by atoms with van der Waals surface area (Å²) in [7, 11) is 0. The van der Waals surface area contributed by atoms with Gasteiger partial charge in [0.15, 0.2) is 0 Å². The van der Waals surface area contributed by atoms with E-state index in [0.717, 1.165) is 25.9 Å². The number of rotatable bonds is 7. The summed E-state index contributed by atoms with van der Waals surface area (Å²) in [5, 5.41) is 3.22. The van der Waals surface area contributed by atoms with Crippen LogP contribution >= 0.6 is 0 Å². The van der Waals surface area contributed by atoms with Gasteiger partial charge in [0, 0.05) is 12.6 Å². The molecule has 1 aromatic heterocycles. The average molecular weight is 267 g/mol. The molecular weight excluding hydrogens is 246 g/mol. The average Bonchev–Trinajstić information content (AvgIpc) is 2.33. The second-order valence-electron chi connectivity index (χ2n) is 4.54. The van der Waals surface area contributed by atoms with E-state index in [-0.39, 0.29) is 12.0 Å². The fraction of sp³-hybridized carbons (Fsp3) is 0.750. The van der Waals surface area contributed by atoms with E-state index in [1.165, 1.54) is 0 Å². The lowest BCUT2D eigenvalue weighted by Crippen LogP contribution is -2.41. The lowest BCUT2D eigenvalue weighted by molar-refractivity contribution is 0.00284. The number of nitrogen functional groups attached to an aromatic ring is 1. The standard InChI is InChI=1S/C12H21N5O2/c1-3-5-19-12-16-10(13)15-11(17-12)14-8-6-9(7-8)18-4-2/h8-9H,3-7H2,1-2H3,(H3,13,14,15,16,17). The van der Waals surface area contributed by atoms with Crippen LogP contribution in [0.4, 0.5) is 11.9 Å². The van der Waals surface area contributed by atoms with Crippen LogP contribution in [0.5, 0.6) is 6.01 Å². The van der Waals surface area contributed by atoms with Crippen molar-refractivity contribution in [3.05, 3.63) is 0 Å². The van der Waals surface area contributed by atoms with Crippen molar-refractivity contribution in [3.8, 4) is 6.01 Å². The van der Waals surface area contributed by atoms with E-state index >= 15 is 0 Å². The van der Waals surface area contributed by atoms with Crippen molar-refractivity contribution < 1.29 is 9.47 Å². The van der Waals surface area contributed by atoms with Crippen molar-refractivity contribution in [2.45, 2.75) is 45.3 Å². The molecule has 1 aliphatic rings. The first-order chi connectivity index (χ1) is 9.21. The molecule has 0 radical (unpaired) electrons. The number of ether oxygens (including phenoxy) is 2. The SMILES string of the molecule is CCCOc1nc(N)nc(NC2CC(OCC)C2)n1. The molecule has 1 heterocycles. The van der Waals surface area contributed by atoms with Crippen LogP contribution in [0.2, 0.25) is 0 Å². The molecule has 0 spiro atoms. The van der Waals surface area contributed by atoms with Crippen molar-refractivity contribution in [3.63, 3.8) is 0 Å². The molecule has 0 unspecified atom stereocenters. The molecule has 106 valence electrons. The zero-order valence-electron chi connectivity index (χ0n) is 11.4. The van der Waals surface area contributed by atoms with Gasteiger partial charge in [-0.05, 0) is 26.2 Å². The van der Waals surface area contributed by atoms with Gasteiger partial charge in [-0.2, -0.15) is 15.0 Å². The lowest BCUT2D eigenvalue weighted by atomic mass is 9.89. The molecular formula is C12H21N5O2. The van der Waals surface area contributed by atoms with Crippen LogP contribution < -0.4 is 15.8 Å². The Morgan fingerprint density at radius 1 is 1.26 bits per heavy atom. The highest BCUT2D eigenvalue weighted by Gasteiger charge is 2.30. The summed E-state index contributed by atoms with van der Waals surface area (Å²) in [6, 6.07) is 0.606. The Balaban J connectivity index is 1.88. The fourth-order valence-electron chi connectivity index (χ4n) is 1.93. The predicted molar refractivity (Wildman–Crippen MR) is 72.1 cm³/mol. The maximum absolute atomic E-state index is 5.63. The van der Waals surface area contributed by atoms with E-state index < -0.39 is 0 Å². The van der Waals surface area contributed by atoms with Gasteiger partial charge in [0.05, 0.1) is 12.7 Å². The van der Waals surface area contributed by atoms with Crippen LogP contribution in [0, 0.1) is 0 Å². The lowest BCUT2D eigenvalue weighted by Gasteiger charge is -2.35. The van der Waals surface area contributed by atoms with E-state index in [9.17, 15) is 0 Å². The van der Waals surface area contributed by atoms with Crippen LogP contribution in [0.25, 0.3) is 0 Å². The highest BCUT2D eigenvalue weighted by Crippen LogP contribution is 2.26. The summed E-state index contributed by atoms with van der Waals surface area (Å²) in [5.41, 5.74) is 5.63. The second kappa shape index (κ2) is 6.51. The van der Waals surface area contributed by atoms with Gasteiger partial charge in [-0.15, -0.1) is 0 Å². The Labute approximate surface area is 112 Å². The zero-order valence-corrected chi connectivity index (χ0v) is 11.4. The van der Waals surface area contributed by atoms with Gasteiger partial charge in [-0.25, -0.2) is 0 Å². The van der Waals surface area contributed by atoms with E-state index in [0.29, 0.717) is 24.7 Å². The molecule has 0 aromatic carbocycles. The Hall–Kier alpha value is -1.63. The van der Waals surface area contributed by atoms with Gasteiger partial charge >= 0.3 is 6.01 Å². The highest BCUT2D eigenvalue weighted by molar-refractivity contribution is 5.34. The molecule has 1 saturated carbocycles. The molecule has 0 bridgehead atoms. The third-order valence-corrected chi connectivity index (χ3v) is 2.90. The van der Waals surface area contributed by atoms with Crippen LogP contribution in [-0.2, 0) is 4.74 Å². The summed E-state index contributed by atoms with van der Waals surface area (Å²) in [4.78, 5) is 12.2. The van der Waals surface area contributed by atoms with Gasteiger partial charge in [0.25, 0.3) is 0 Å². The highest BCUT2D eigenvalue weighted by atomic mass is 16.5. The summed E-state index contributed by atoms with van der Waals surface area (Å²) < 4.78 is 10.9. The van der Waals surface area contributed by atoms with Gasteiger partial charge in [-0.1, -0.05) is 6.92 Å². The van der Waals surface area contributed by atoms with Crippen LogP contribution in [0.3, 0.4) is 0 Å². The van der Waals surface area contributed by atoms with Gasteiger partial charge < -0.3 is 20.5 Å². The molecule has 1 aromatic rings. The number of hydrogen-bond acceptors (Lipinski definition) is 7. The van der Waals surface area contributed by atoms with E-state index in [1.54, 1.807) is 0 Å². The van der Waals surface area contributed by atoms with Crippen molar-refractivity contribution in [2.75, 3.05) is 24.3 Å². The van der Waals surface area contributed by atoms with Crippen molar-refractivity contribution in [2.24, 2.45) is 0 Å².